The molecule has 6 nitrogen and oxygen atoms in total. The number of imidazole rings is 1. The van der Waals surface area contributed by atoms with Crippen molar-refractivity contribution >= 4 is 44.0 Å². The van der Waals surface area contributed by atoms with E-state index in [1.165, 1.54) is 19.2 Å². The smallest absolute Gasteiger partial charge is 0.340 e. The van der Waals surface area contributed by atoms with Gasteiger partial charge >= 0.3 is 5.97 Å². The molecule has 3 heterocycles. The van der Waals surface area contributed by atoms with Crippen molar-refractivity contribution in [2.75, 3.05) is 7.11 Å². The first kappa shape index (κ1) is 16.4. The Morgan fingerprint density at radius 3 is 2.85 bits per heavy atom. The first-order valence-corrected chi connectivity index (χ1v) is 9.30. The third kappa shape index (κ3) is 2.63. The number of H-pyrrole nitrogens is 1. The second-order valence-corrected chi connectivity index (χ2v) is 7.42. The van der Waals surface area contributed by atoms with Crippen molar-refractivity contribution in [3.63, 3.8) is 0 Å². The van der Waals surface area contributed by atoms with Crippen LogP contribution < -0.4 is 0 Å². The number of nitrogens with zero attached hydrogens (tertiary/aromatic N) is 3. The minimum absolute atomic E-state index is 0.112. The number of aromatic amines is 1. The average Bonchev–Trinajstić information content (AvgIpc) is 3.29. The number of ether oxygens (including phenoxy) is 1. The molecule has 0 saturated heterocycles. The largest absolute Gasteiger partial charge is 0.465 e. The quantitative estimate of drug-likeness (QED) is 0.382. The fraction of sp³-hybridized carbons (Fsp3) is 0.211. The lowest BCUT2D eigenvalue weighted by atomic mass is 10.2. The van der Waals surface area contributed by atoms with Gasteiger partial charge in [0.1, 0.15) is 16.1 Å². The molecule has 4 aromatic rings. The molecule has 1 fully saturated rings. The van der Waals surface area contributed by atoms with E-state index in [-0.39, 0.29) is 11.6 Å². The molecule has 1 aliphatic carbocycles. The molecule has 1 saturated carbocycles. The van der Waals surface area contributed by atoms with Crippen LogP contribution in [-0.4, -0.2) is 32.6 Å². The summed E-state index contributed by atoms with van der Waals surface area (Å²) >= 11 is 3.37. The molecule has 1 aromatic carbocycles. The number of rotatable bonds is 3. The molecule has 0 atom stereocenters. The maximum Gasteiger partial charge on any atom is 0.340 e. The maximum absolute atomic E-state index is 14.5. The van der Waals surface area contributed by atoms with Crippen LogP contribution >= 0.6 is 15.9 Å². The van der Waals surface area contributed by atoms with Gasteiger partial charge in [-0.3, -0.25) is 0 Å². The molecular weight excluding hydrogens is 415 g/mol. The number of aromatic nitrogens is 4. The Morgan fingerprint density at radius 1 is 1.30 bits per heavy atom. The minimum Gasteiger partial charge on any atom is -0.465 e. The van der Waals surface area contributed by atoms with E-state index in [0.717, 1.165) is 34.2 Å². The monoisotopic (exact) mass is 428 g/mol. The number of methoxy groups -OCH3 is 1. The lowest BCUT2D eigenvalue weighted by molar-refractivity contribution is 0.0595. The van der Waals surface area contributed by atoms with E-state index in [4.69, 9.17) is 4.98 Å². The van der Waals surface area contributed by atoms with E-state index in [1.807, 2.05) is 22.8 Å². The summed E-state index contributed by atoms with van der Waals surface area (Å²) < 4.78 is 21.9. The third-order valence-corrected chi connectivity index (χ3v) is 5.22. The van der Waals surface area contributed by atoms with Crippen LogP contribution in [0.25, 0.3) is 33.6 Å². The molecule has 0 amide bonds. The van der Waals surface area contributed by atoms with Gasteiger partial charge < -0.3 is 14.3 Å². The van der Waals surface area contributed by atoms with E-state index in [9.17, 15) is 9.18 Å². The van der Waals surface area contributed by atoms with Gasteiger partial charge in [-0.2, -0.15) is 0 Å². The summed E-state index contributed by atoms with van der Waals surface area (Å²) in [6, 6.07) is 8.92. The molecule has 0 aliphatic heterocycles. The van der Waals surface area contributed by atoms with Gasteiger partial charge in [-0.15, -0.1) is 0 Å². The molecule has 0 spiro atoms. The molecule has 27 heavy (non-hydrogen) atoms. The SMILES string of the molecule is COC(=O)c1cc2nc(-c3cc4ccc(Br)nc4[nH]3)n(C3CC3)c2cc1F. The number of hydrogen-bond donors (Lipinski definition) is 1. The van der Waals surface area contributed by atoms with Crippen LogP contribution in [0, 0.1) is 5.82 Å². The number of carbonyl (C=O) groups excluding carboxylic acids is 1. The van der Waals surface area contributed by atoms with Crippen LogP contribution in [0.2, 0.25) is 0 Å². The standard InChI is InChI=1S/C19H14BrFN4O2/c1-27-19(26)11-7-13-15(8-12(11)21)25(10-3-4-10)18(23-13)14-6-9-2-5-16(20)24-17(9)22-14/h2,5-8,10H,3-4H2,1H3,(H,22,24). The molecule has 5 rings (SSSR count). The molecule has 1 N–H and O–H groups in total. The summed E-state index contributed by atoms with van der Waals surface area (Å²) in [6.45, 7) is 0. The van der Waals surface area contributed by atoms with Crippen LogP contribution in [0.1, 0.15) is 29.2 Å². The van der Waals surface area contributed by atoms with Gasteiger partial charge in [0.05, 0.1) is 29.4 Å². The van der Waals surface area contributed by atoms with Crippen molar-refractivity contribution in [1.82, 2.24) is 19.5 Å². The molecule has 8 heteroatoms. The van der Waals surface area contributed by atoms with Crippen molar-refractivity contribution in [2.45, 2.75) is 18.9 Å². The number of halogens is 2. The van der Waals surface area contributed by atoms with Crippen LogP contribution in [0.3, 0.4) is 0 Å². The third-order valence-electron chi connectivity index (χ3n) is 4.78. The Balaban J connectivity index is 1.75. The molecule has 0 bridgehead atoms. The first-order chi connectivity index (χ1) is 13.0. The average molecular weight is 429 g/mol. The highest BCUT2D eigenvalue weighted by atomic mass is 79.9. The molecule has 3 aromatic heterocycles. The molecular formula is C19H14BrFN4O2. The van der Waals surface area contributed by atoms with Crippen LogP contribution in [0.5, 0.6) is 0 Å². The highest BCUT2D eigenvalue weighted by Gasteiger charge is 2.30. The van der Waals surface area contributed by atoms with E-state index < -0.39 is 11.8 Å². The van der Waals surface area contributed by atoms with Crippen molar-refractivity contribution in [1.29, 1.82) is 0 Å². The number of esters is 1. The van der Waals surface area contributed by atoms with Gasteiger partial charge in [0.2, 0.25) is 0 Å². The molecule has 0 unspecified atom stereocenters. The first-order valence-electron chi connectivity index (χ1n) is 8.50. The summed E-state index contributed by atoms with van der Waals surface area (Å²) in [6.07, 6.45) is 2.03. The summed E-state index contributed by atoms with van der Waals surface area (Å²) in [5.74, 6) is -0.607. The maximum atomic E-state index is 14.5. The highest BCUT2D eigenvalue weighted by Crippen LogP contribution is 2.42. The van der Waals surface area contributed by atoms with Gasteiger partial charge in [-0.25, -0.2) is 19.2 Å². The molecule has 136 valence electrons. The van der Waals surface area contributed by atoms with Gasteiger partial charge in [0, 0.05) is 17.5 Å². The zero-order valence-electron chi connectivity index (χ0n) is 14.3. The Kier molecular flexibility index (Phi) is 3.58. The second kappa shape index (κ2) is 5.88. The van der Waals surface area contributed by atoms with Gasteiger partial charge in [-0.05, 0) is 53.0 Å². The van der Waals surface area contributed by atoms with E-state index >= 15 is 0 Å². The van der Waals surface area contributed by atoms with Gasteiger partial charge in [-0.1, -0.05) is 0 Å². The number of fused-ring (bicyclic) bond motifs is 2. The zero-order valence-corrected chi connectivity index (χ0v) is 15.9. The molecule has 0 radical (unpaired) electrons. The van der Waals surface area contributed by atoms with E-state index in [1.54, 1.807) is 0 Å². The van der Waals surface area contributed by atoms with Crippen molar-refractivity contribution in [3.05, 3.63) is 46.3 Å². The predicted octanol–water partition coefficient (Wildman–Crippen LogP) is 4.60. The lowest BCUT2D eigenvalue weighted by Crippen LogP contribution is -2.05. The Labute approximate surface area is 161 Å². The number of hydrogen-bond acceptors (Lipinski definition) is 4. The highest BCUT2D eigenvalue weighted by molar-refractivity contribution is 9.10. The van der Waals surface area contributed by atoms with Crippen molar-refractivity contribution < 1.29 is 13.9 Å². The van der Waals surface area contributed by atoms with Crippen LogP contribution in [0.4, 0.5) is 4.39 Å². The van der Waals surface area contributed by atoms with Crippen molar-refractivity contribution in [2.24, 2.45) is 0 Å². The van der Waals surface area contributed by atoms with Crippen LogP contribution in [-0.2, 0) is 4.74 Å². The minimum atomic E-state index is -0.711. The van der Waals surface area contributed by atoms with Crippen LogP contribution in [0.15, 0.2) is 34.9 Å². The number of carbonyl (C=O) groups is 1. The summed E-state index contributed by atoms with van der Waals surface area (Å²) in [5, 5.41) is 0.962. The summed E-state index contributed by atoms with van der Waals surface area (Å²) in [7, 11) is 1.23. The van der Waals surface area contributed by atoms with Crippen molar-refractivity contribution in [3.8, 4) is 11.5 Å². The topological polar surface area (TPSA) is 72.8 Å². The van der Waals surface area contributed by atoms with Gasteiger partial charge in [0.25, 0.3) is 0 Å². The fourth-order valence-electron chi connectivity index (χ4n) is 3.38. The van der Waals surface area contributed by atoms with E-state index in [0.29, 0.717) is 16.9 Å². The Hall–Kier alpha value is -2.74. The normalized spacial score (nSPS) is 14.2. The van der Waals surface area contributed by atoms with Gasteiger partial charge in [0.15, 0.2) is 5.82 Å². The number of nitrogens with one attached hydrogen (secondary N) is 1. The summed E-state index contributed by atoms with van der Waals surface area (Å²) in [5.41, 5.74) is 2.67. The Morgan fingerprint density at radius 2 is 2.11 bits per heavy atom. The number of benzene rings is 1. The zero-order chi connectivity index (χ0) is 18.7. The predicted molar refractivity (Wildman–Crippen MR) is 102 cm³/mol. The Bertz CT molecular complexity index is 1230. The number of pyridine rings is 1. The molecule has 1 aliphatic rings. The van der Waals surface area contributed by atoms with E-state index in [2.05, 4.69) is 30.6 Å². The second-order valence-electron chi connectivity index (χ2n) is 6.60. The summed E-state index contributed by atoms with van der Waals surface area (Å²) in [4.78, 5) is 24.2. The fourth-order valence-corrected chi connectivity index (χ4v) is 3.69. The lowest BCUT2D eigenvalue weighted by Gasteiger charge is -2.07.